The third kappa shape index (κ3) is 1.78. The Morgan fingerprint density at radius 1 is 1.11 bits per heavy atom. The van der Waals surface area contributed by atoms with Crippen LogP contribution in [0.4, 0.5) is 5.69 Å². The van der Waals surface area contributed by atoms with Gasteiger partial charge in [0, 0.05) is 9.75 Å². The van der Waals surface area contributed by atoms with Crippen LogP contribution in [0.1, 0.15) is 31.8 Å². The minimum Gasteiger partial charge on any atom is -0.360 e. The molecular formula is C14H14N2OS. The smallest absolute Gasteiger partial charge is 0.255 e. The molecule has 18 heavy (non-hydrogen) atoms. The second-order valence-corrected chi connectivity index (χ2v) is 5.82. The van der Waals surface area contributed by atoms with Gasteiger partial charge in [-0.05, 0) is 37.6 Å². The van der Waals surface area contributed by atoms with E-state index < -0.39 is 0 Å². The van der Waals surface area contributed by atoms with E-state index in [4.69, 9.17) is 0 Å². The third-order valence-electron chi connectivity index (χ3n) is 3.13. The minimum absolute atomic E-state index is 0.0106. The first-order chi connectivity index (χ1) is 8.65. The Balaban J connectivity index is 2.01. The Morgan fingerprint density at radius 3 is 2.67 bits per heavy atom. The number of carbonyl (C=O) groups excluding carboxylic acids is 1. The molecule has 2 N–H and O–H groups in total. The summed E-state index contributed by atoms with van der Waals surface area (Å²) >= 11 is 1.70. The Kier molecular flexibility index (Phi) is 2.59. The molecule has 1 atom stereocenters. The molecule has 1 aliphatic heterocycles. The van der Waals surface area contributed by atoms with Gasteiger partial charge in [0.25, 0.3) is 5.91 Å². The molecule has 1 aliphatic rings. The van der Waals surface area contributed by atoms with Crippen LogP contribution in [-0.4, -0.2) is 5.91 Å². The molecule has 3 nitrogen and oxygen atoms in total. The van der Waals surface area contributed by atoms with Gasteiger partial charge in [0.2, 0.25) is 0 Å². The summed E-state index contributed by atoms with van der Waals surface area (Å²) in [7, 11) is 0. The summed E-state index contributed by atoms with van der Waals surface area (Å²) in [6.07, 6.45) is -0.121. The van der Waals surface area contributed by atoms with Crippen LogP contribution in [-0.2, 0) is 0 Å². The fourth-order valence-corrected chi connectivity index (χ4v) is 3.07. The quantitative estimate of drug-likeness (QED) is 0.824. The molecule has 0 aliphatic carbocycles. The molecule has 1 aromatic carbocycles. The van der Waals surface area contributed by atoms with Gasteiger partial charge in [0.05, 0.1) is 11.3 Å². The number of hydrogen-bond donors (Lipinski definition) is 2. The second-order valence-electron chi connectivity index (χ2n) is 4.50. The van der Waals surface area contributed by atoms with Crippen LogP contribution in [0.2, 0.25) is 0 Å². The Bertz CT molecular complexity index is 618. The second kappa shape index (κ2) is 4.14. The lowest BCUT2D eigenvalue weighted by Gasteiger charge is -2.28. The van der Waals surface area contributed by atoms with Crippen molar-refractivity contribution in [3.05, 3.63) is 51.2 Å². The van der Waals surface area contributed by atoms with Gasteiger partial charge in [0.15, 0.2) is 0 Å². The van der Waals surface area contributed by atoms with Gasteiger partial charge in [-0.25, -0.2) is 0 Å². The zero-order chi connectivity index (χ0) is 12.7. The number of amides is 1. The predicted octanol–water partition coefficient (Wildman–Crippen LogP) is 3.22. The number of fused-ring (bicyclic) bond motifs is 1. The van der Waals surface area contributed by atoms with E-state index in [2.05, 4.69) is 29.7 Å². The van der Waals surface area contributed by atoms with Crippen molar-refractivity contribution in [1.29, 1.82) is 0 Å². The summed E-state index contributed by atoms with van der Waals surface area (Å²) in [6, 6.07) is 9.90. The fourth-order valence-electron chi connectivity index (χ4n) is 2.19. The van der Waals surface area contributed by atoms with Crippen LogP contribution in [0.5, 0.6) is 0 Å². The third-order valence-corrected chi connectivity index (χ3v) is 4.19. The molecule has 0 unspecified atom stereocenters. The predicted molar refractivity (Wildman–Crippen MR) is 74.1 cm³/mol. The Labute approximate surface area is 110 Å². The minimum atomic E-state index is -0.121. The van der Waals surface area contributed by atoms with Gasteiger partial charge in [-0.2, -0.15) is 0 Å². The molecule has 0 spiro atoms. The highest BCUT2D eigenvalue weighted by molar-refractivity contribution is 7.12. The van der Waals surface area contributed by atoms with Crippen molar-refractivity contribution in [2.24, 2.45) is 0 Å². The average Bonchev–Trinajstić information content (AvgIpc) is 2.77. The highest BCUT2D eigenvalue weighted by Gasteiger charge is 2.26. The van der Waals surface area contributed by atoms with Gasteiger partial charge in [-0.1, -0.05) is 12.1 Å². The molecule has 3 rings (SSSR count). The van der Waals surface area contributed by atoms with E-state index in [1.807, 2.05) is 25.1 Å². The Morgan fingerprint density at radius 2 is 1.94 bits per heavy atom. The van der Waals surface area contributed by atoms with Crippen molar-refractivity contribution >= 4 is 22.9 Å². The number of rotatable bonds is 1. The molecule has 1 amide bonds. The summed E-state index contributed by atoms with van der Waals surface area (Å²) in [5.41, 5.74) is 2.76. The zero-order valence-corrected chi connectivity index (χ0v) is 11.1. The SMILES string of the molecule is Cc1ccc([C@H]2NC(=O)c3cccc(C)c3N2)s1. The van der Waals surface area contributed by atoms with E-state index in [0.717, 1.165) is 21.7 Å². The van der Waals surface area contributed by atoms with Crippen molar-refractivity contribution < 1.29 is 4.79 Å². The number of para-hydroxylation sites is 1. The molecule has 0 radical (unpaired) electrons. The summed E-state index contributed by atoms with van der Waals surface area (Å²) in [4.78, 5) is 14.5. The zero-order valence-electron chi connectivity index (χ0n) is 10.3. The van der Waals surface area contributed by atoms with Crippen LogP contribution >= 0.6 is 11.3 Å². The van der Waals surface area contributed by atoms with Gasteiger partial charge in [0.1, 0.15) is 6.17 Å². The number of anilines is 1. The number of benzene rings is 1. The molecule has 1 aromatic heterocycles. The van der Waals surface area contributed by atoms with E-state index in [0.29, 0.717) is 0 Å². The van der Waals surface area contributed by atoms with Crippen LogP contribution < -0.4 is 10.6 Å². The number of hydrogen-bond acceptors (Lipinski definition) is 3. The largest absolute Gasteiger partial charge is 0.360 e. The normalized spacial score (nSPS) is 17.9. The molecule has 2 aromatic rings. The first kappa shape index (κ1) is 11.3. The first-order valence-corrected chi connectivity index (χ1v) is 6.70. The van der Waals surface area contributed by atoms with Gasteiger partial charge >= 0.3 is 0 Å². The van der Waals surface area contributed by atoms with Crippen molar-refractivity contribution in [3.8, 4) is 0 Å². The number of aryl methyl sites for hydroxylation is 2. The maximum atomic E-state index is 12.1. The lowest BCUT2D eigenvalue weighted by molar-refractivity contribution is 0.0936. The monoisotopic (exact) mass is 258 g/mol. The highest BCUT2D eigenvalue weighted by Crippen LogP contribution is 2.31. The fraction of sp³-hybridized carbons (Fsp3) is 0.214. The van der Waals surface area contributed by atoms with E-state index in [-0.39, 0.29) is 12.1 Å². The van der Waals surface area contributed by atoms with Gasteiger partial charge in [-0.15, -0.1) is 11.3 Å². The lowest BCUT2D eigenvalue weighted by Crippen LogP contribution is -2.38. The summed E-state index contributed by atoms with van der Waals surface area (Å²) in [6.45, 7) is 4.08. The van der Waals surface area contributed by atoms with Gasteiger partial charge in [-0.3, -0.25) is 4.79 Å². The summed E-state index contributed by atoms with van der Waals surface area (Å²) < 4.78 is 0. The molecule has 2 heterocycles. The van der Waals surface area contributed by atoms with E-state index >= 15 is 0 Å². The topological polar surface area (TPSA) is 41.1 Å². The average molecular weight is 258 g/mol. The standard InChI is InChI=1S/C14H14N2OS/c1-8-4-3-5-10-12(8)15-13(16-14(10)17)11-7-6-9(2)18-11/h3-7,13,15H,1-2H3,(H,16,17)/t13-/m1/s1. The number of carbonyl (C=O) groups is 1. The van der Waals surface area contributed by atoms with Crippen LogP contribution in [0.3, 0.4) is 0 Å². The van der Waals surface area contributed by atoms with Crippen LogP contribution in [0, 0.1) is 13.8 Å². The van der Waals surface area contributed by atoms with E-state index in [1.54, 1.807) is 11.3 Å². The molecule has 4 heteroatoms. The van der Waals surface area contributed by atoms with E-state index in [9.17, 15) is 4.79 Å². The molecule has 0 saturated heterocycles. The Hall–Kier alpha value is -1.81. The number of thiophene rings is 1. The molecular weight excluding hydrogens is 244 g/mol. The molecule has 0 saturated carbocycles. The molecule has 0 bridgehead atoms. The summed E-state index contributed by atoms with van der Waals surface area (Å²) in [5.74, 6) is -0.0106. The molecule has 92 valence electrons. The van der Waals surface area contributed by atoms with Gasteiger partial charge < -0.3 is 10.6 Å². The maximum Gasteiger partial charge on any atom is 0.255 e. The highest BCUT2D eigenvalue weighted by atomic mass is 32.1. The number of nitrogens with one attached hydrogen (secondary N) is 2. The maximum absolute atomic E-state index is 12.1. The van der Waals surface area contributed by atoms with E-state index in [1.165, 1.54) is 4.88 Å². The van der Waals surface area contributed by atoms with Crippen molar-refractivity contribution in [2.75, 3.05) is 5.32 Å². The summed E-state index contributed by atoms with van der Waals surface area (Å²) in [5, 5.41) is 6.39. The van der Waals surface area contributed by atoms with Crippen LogP contribution in [0.25, 0.3) is 0 Å². The van der Waals surface area contributed by atoms with Crippen molar-refractivity contribution in [3.63, 3.8) is 0 Å². The first-order valence-electron chi connectivity index (χ1n) is 5.88. The van der Waals surface area contributed by atoms with Crippen molar-refractivity contribution in [1.82, 2.24) is 5.32 Å². The van der Waals surface area contributed by atoms with Crippen LogP contribution in [0.15, 0.2) is 30.3 Å². The van der Waals surface area contributed by atoms with Crippen molar-refractivity contribution in [2.45, 2.75) is 20.0 Å². The molecule has 0 fully saturated rings. The lowest BCUT2D eigenvalue weighted by atomic mass is 10.0.